The molecule has 1 saturated heterocycles. The van der Waals surface area contributed by atoms with Gasteiger partial charge in [-0.25, -0.2) is 8.78 Å². The number of nitrogens with zero attached hydrogens (tertiary/aromatic N) is 3. The second-order valence-electron chi connectivity index (χ2n) is 6.16. The molecule has 2 aromatic rings. The van der Waals surface area contributed by atoms with E-state index in [4.69, 9.17) is 16.9 Å². The molecule has 1 fully saturated rings. The summed E-state index contributed by atoms with van der Waals surface area (Å²) in [5, 5.41) is 9.34. The number of nitriles is 1. The second kappa shape index (κ2) is 7.71. The molecule has 1 amide bonds. The Balaban J connectivity index is 1.97. The van der Waals surface area contributed by atoms with Crippen molar-refractivity contribution in [3.05, 3.63) is 64.2 Å². The summed E-state index contributed by atoms with van der Waals surface area (Å²) in [6.45, 7) is 1.21. The third-order valence-corrected chi connectivity index (χ3v) is 4.87. The summed E-state index contributed by atoms with van der Waals surface area (Å²) in [5.74, 6) is -1.79. The molecule has 1 heterocycles. The molecule has 0 saturated carbocycles. The Morgan fingerprint density at radius 2 is 2.15 bits per heavy atom. The lowest BCUT2D eigenvalue weighted by Gasteiger charge is -2.31. The van der Waals surface area contributed by atoms with Crippen LogP contribution in [0.1, 0.15) is 17.5 Å². The van der Waals surface area contributed by atoms with Crippen molar-refractivity contribution in [1.82, 2.24) is 4.90 Å². The first-order chi connectivity index (χ1) is 12.5. The molecule has 3 rings (SSSR count). The smallest absolute Gasteiger partial charge is 0.209 e. The van der Waals surface area contributed by atoms with Gasteiger partial charge in [-0.15, -0.1) is 0 Å². The molecule has 4 nitrogen and oxygen atoms in total. The number of amides is 1. The highest BCUT2D eigenvalue weighted by molar-refractivity contribution is 6.32. The van der Waals surface area contributed by atoms with Crippen LogP contribution in [-0.2, 0) is 11.3 Å². The molecule has 1 unspecified atom stereocenters. The highest BCUT2D eigenvalue weighted by atomic mass is 35.5. The minimum atomic E-state index is -0.902. The Morgan fingerprint density at radius 1 is 1.35 bits per heavy atom. The lowest BCUT2D eigenvalue weighted by molar-refractivity contribution is -0.117. The van der Waals surface area contributed by atoms with E-state index in [0.29, 0.717) is 35.8 Å². The summed E-state index contributed by atoms with van der Waals surface area (Å²) in [7, 11) is 0. The molecular formula is C19H16ClF2N3O. The van der Waals surface area contributed by atoms with Gasteiger partial charge < -0.3 is 9.80 Å². The van der Waals surface area contributed by atoms with Crippen molar-refractivity contribution in [2.24, 2.45) is 0 Å². The maximum atomic E-state index is 14.2. The standard InChI is InChI=1S/C19H16ClF2N3O/c20-17-8-15(5-4-13(17)9-23)25(16-6-7-24(11-16)12-26)10-14-2-1-3-18(21)19(14)22/h1-5,8,12,16H,6-7,10-11H2. The first-order valence-corrected chi connectivity index (χ1v) is 8.50. The number of hydrogen-bond acceptors (Lipinski definition) is 3. The van der Waals surface area contributed by atoms with Crippen molar-refractivity contribution in [2.75, 3.05) is 18.0 Å². The number of benzene rings is 2. The zero-order valence-electron chi connectivity index (χ0n) is 13.8. The summed E-state index contributed by atoms with van der Waals surface area (Å²) in [6, 6.07) is 11.0. The van der Waals surface area contributed by atoms with Gasteiger partial charge in [-0.1, -0.05) is 23.7 Å². The topological polar surface area (TPSA) is 47.3 Å². The average molecular weight is 376 g/mol. The van der Waals surface area contributed by atoms with E-state index in [2.05, 4.69) is 0 Å². The van der Waals surface area contributed by atoms with Gasteiger partial charge in [0.05, 0.1) is 10.6 Å². The Morgan fingerprint density at radius 3 is 2.81 bits per heavy atom. The van der Waals surface area contributed by atoms with E-state index in [1.165, 1.54) is 12.1 Å². The van der Waals surface area contributed by atoms with Crippen LogP contribution in [0.3, 0.4) is 0 Å². The lowest BCUT2D eigenvalue weighted by Crippen LogP contribution is -2.37. The van der Waals surface area contributed by atoms with Gasteiger partial charge in [-0.2, -0.15) is 5.26 Å². The monoisotopic (exact) mass is 375 g/mol. The minimum absolute atomic E-state index is 0.0631. The fourth-order valence-electron chi connectivity index (χ4n) is 3.18. The summed E-state index contributed by atoms with van der Waals surface area (Å²) >= 11 is 6.15. The lowest BCUT2D eigenvalue weighted by atomic mass is 10.1. The van der Waals surface area contributed by atoms with Crippen LogP contribution in [0.15, 0.2) is 36.4 Å². The number of likely N-dealkylation sites (tertiary alicyclic amines) is 1. The van der Waals surface area contributed by atoms with Crippen molar-refractivity contribution >= 4 is 23.7 Å². The third kappa shape index (κ3) is 3.63. The SMILES string of the molecule is N#Cc1ccc(N(Cc2cccc(F)c2F)C2CCN(C=O)C2)cc1Cl. The van der Waals surface area contributed by atoms with Crippen molar-refractivity contribution in [1.29, 1.82) is 5.26 Å². The van der Waals surface area contributed by atoms with Gasteiger partial charge in [0.1, 0.15) is 6.07 Å². The molecule has 0 N–H and O–H groups in total. The number of carbonyl (C=O) groups is 1. The average Bonchev–Trinajstić information content (AvgIpc) is 3.12. The van der Waals surface area contributed by atoms with Crippen LogP contribution >= 0.6 is 11.6 Å². The molecule has 26 heavy (non-hydrogen) atoms. The zero-order chi connectivity index (χ0) is 18.7. The molecule has 0 aliphatic carbocycles. The third-order valence-electron chi connectivity index (χ3n) is 4.56. The van der Waals surface area contributed by atoms with E-state index in [9.17, 15) is 13.6 Å². The normalized spacial score (nSPS) is 16.4. The van der Waals surface area contributed by atoms with Gasteiger partial charge in [0.15, 0.2) is 11.6 Å². The van der Waals surface area contributed by atoms with E-state index >= 15 is 0 Å². The molecule has 1 aliphatic rings. The van der Waals surface area contributed by atoms with Crippen molar-refractivity contribution < 1.29 is 13.6 Å². The molecule has 0 bridgehead atoms. The van der Waals surface area contributed by atoms with Gasteiger partial charge in [-0.3, -0.25) is 4.79 Å². The van der Waals surface area contributed by atoms with E-state index in [1.54, 1.807) is 23.1 Å². The van der Waals surface area contributed by atoms with Crippen LogP contribution < -0.4 is 4.90 Å². The Bertz CT molecular complexity index is 868. The van der Waals surface area contributed by atoms with Crippen LogP contribution in [0.2, 0.25) is 5.02 Å². The van der Waals surface area contributed by atoms with Crippen LogP contribution in [0.5, 0.6) is 0 Å². The minimum Gasteiger partial charge on any atom is -0.362 e. The number of halogens is 3. The van der Waals surface area contributed by atoms with Crippen LogP contribution in [0, 0.1) is 23.0 Å². The number of carbonyl (C=O) groups excluding carboxylic acids is 1. The van der Waals surface area contributed by atoms with Crippen LogP contribution in [0.25, 0.3) is 0 Å². The van der Waals surface area contributed by atoms with E-state index in [0.717, 1.165) is 12.5 Å². The van der Waals surface area contributed by atoms with Crippen molar-refractivity contribution in [3.8, 4) is 6.07 Å². The van der Waals surface area contributed by atoms with Gasteiger partial charge in [0.2, 0.25) is 6.41 Å². The Kier molecular flexibility index (Phi) is 5.38. The molecule has 134 valence electrons. The maximum absolute atomic E-state index is 14.2. The molecule has 7 heteroatoms. The molecule has 0 radical (unpaired) electrons. The molecule has 0 aromatic heterocycles. The fraction of sp³-hybridized carbons (Fsp3) is 0.263. The van der Waals surface area contributed by atoms with Gasteiger partial charge in [0, 0.05) is 36.9 Å². The summed E-state index contributed by atoms with van der Waals surface area (Å²) < 4.78 is 27.8. The predicted molar refractivity (Wildman–Crippen MR) is 94.8 cm³/mol. The first-order valence-electron chi connectivity index (χ1n) is 8.12. The number of hydrogen-bond donors (Lipinski definition) is 0. The van der Waals surface area contributed by atoms with E-state index in [1.807, 2.05) is 11.0 Å². The number of rotatable bonds is 5. The zero-order valence-corrected chi connectivity index (χ0v) is 14.6. The van der Waals surface area contributed by atoms with E-state index < -0.39 is 11.6 Å². The molecule has 1 atom stereocenters. The highest BCUT2D eigenvalue weighted by Crippen LogP contribution is 2.29. The summed E-state index contributed by atoms with van der Waals surface area (Å²) in [5.41, 5.74) is 1.25. The second-order valence-corrected chi connectivity index (χ2v) is 6.57. The van der Waals surface area contributed by atoms with Crippen molar-refractivity contribution in [2.45, 2.75) is 19.0 Å². The molecule has 2 aromatic carbocycles. The molecule has 0 spiro atoms. The fourth-order valence-corrected chi connectivity index (χ4v) is 3.39. The highest BCUT2D eigenvalue weighted by Gasteiger charge is 2.28. The van der Waals surface area contributed by atoms with Gasteiger partial charge in [-0.05, 0) is 30.7 Å². The maximum Gasteiger partial charge on any atom is 0.209 e. The summed E-state index contributed by atoms with van der Waals surface area (Å²) in [4.78, 5) is 14.6. The Labute approximate surface area is 155 Å². The van der Waals surface area contributed by atoms with Gasteiger partial charge >= 0.3 is 0 Å². The Hall–Kier alpha value is -2.65. The van der Waals surface area contributed by atoms with Crippen LogP contribution in [0.4, 0.5) is 14.5 Å². The van der Waals surface area contributed by atoms with E-state index in [-0.39, 0.29) is 18.2 Å². The van der Waals surface area contributed by atoms with Crippen molar-refractivity contribution in [3.63, 3.8) is 0 Å². The van der Waals surface area contributed by atoms with Crippen LogP contribution in [-0.4, -0.2) is 30.4 Å². The quantitative estimate of drug-likeness (QED) is 0.748. The first kappa shape index (κ1) is 18.2. The molecular weight excluding hydrogens is 360 g/mol. The van der Waals surface area contributed by atoms with Gasteiger partial charge in [0.25, 0.3) is 0 Å². The predicted octanol–water partition coefficient (Wildman–Crippen LogP) is 3.73. The largest absolute Gasteiger partial charge is 0.362 e. The molecule has 1 aliphatic heterocycles. The number of anilines is 1. The summed E-state index contributed by atoms with van der Waals surface area (Å²) in [6.07, 6.45) is 1.49.